The Labute approximate surface area is 151 Å². The van der Waals surface area contributed by atoms with Gasteiger partial charge in [-0.25, -0.2) is 10.9 Å². The van der Waals surface area contributed by atoms with Crippen molar-refractivity contribution in [3.63, 3.8) is 0 Å². The van der Waals surface area contributed by atoms with E-state index in [1.165, 1.54) is 0 Å². The summed E-state index contributed by atoms with van der Waals surface area (Å²) in [6.07, 6.45) is 6.65. The van der Waals surface area contributed by atoms with E-state index in [9.17, 15) is 9.59 Å². The predicted molar refractivity (Wildman–Crippen MR) is 98.4 cm³/mol. The van der Waals surface area contributed by atoms with E-state index in [4.69, 9.17) is 0 Å². The summed E-state index contributed by atoms with van der Waals surface area (Å²) in [7, 11) is 0. The molecule has 0 spiro atoms. The fourth-order valence-corrected chi connectivity index (χ4v) is 1.91. The maximum absolute atomic E-state index is 11.8. The highest BCUT2D eigenvalue weighted by atomic mass is 16.2. The Bertz CT molecular complexity index is 733. The molecule has 0 fully saturated rings. The summed E-state index contributed by atoms with van der Waals surface area (Å²) in [5, 5.41) is 7.99. The van der Waals surface area contributed by atoms with Crippen molar-refractivity contribution >= 4 is 23.2 Å². The zero-order valence-corrected chi connectivity index (χ0v) is 14.6. The number of pyridine rings is 2. The van der Waals surface area contributed by atoms with Crippen molar-refractivity contribution in [1.82, 2.24) is 20.8 Å². The zero-order chi connectivity index (χ0) is 18.8. The molecule has 26 heavy (non-hydrogen) atoms. The van der Waals surface area contributed by atoms with E-state index >= 15 is 0 Å². The van der Waals surface area contributed by atoms with Crippen molar-refractivity contribution in [2.75, 3.05) is 0 Å². The number of hydrazone groups is 2. The summed E-state index contributed by atoms with van der Waals surface area (Å²) >= 11 is 0. The molecule has 0 aliphatic heterocycles. The standard InChI is InChI=1S/C18H20N6O2/c1-13(15-5-3-9-19-11-15)21-23-17(25)7-8-18(26)24-22-14(2)16-6-4-10-20-12-16/h3-6,9-12H,7-8H2,1-2H3,(H,23,25)(H,24,26)/b21-13+,22-14+. The fourth-order valence-electron chi connectivity index (χ4n) is 1.91. The van der Waals surface area contributed by atoms with Gasteiger partial charge in [0, 0.05) is 48.8 Å². The Kier molecular flexibility index (Phi) is 7.11. The molecule has 0 bridgehead atoms. The molecule has 2 heterocycles. The topological polar surface area (TPSA) is 109 Å². The Morgan fingerprint density at radius 1 is 0.846 bits per heavy atom. The van der Waals surface area contributed by atoms with Gasteiger partial charge in [-0.05, 0) is 26.0 Å². The highest BCUT2D eigenvalue weighted by molar-refractivity contribution is 5.99. The molecule has 134 valence electrons. The minimum atomic E-state index is -0.351. The Balaban J connectivity index is 1.76. The second kappa shape index (κ2) is 9.77. The molecule has 0 saturated heterocycles. The molecule has 0 radical (unpaired) electrons. The first kappa shape index (κ1) is 18.9. The van der Waals surface area contributed by atoms with Crippen molar-refractivity contribution < 1.29 is 9.59 Å². The third kappa shape index (κ3) is 6.23. The van der Waals surface area contributed by atoms with Crippen molar-refractivity contribution in [2.24, 2.45) is 10.2 Å². The minimum absolute atomic E-state index is 0.0110. The van der Waals surface area contributed by atoms with E-state index in [0.717, 1.165) is 11.1 Å². The van der Waals surface area contributed by atoms with Crippen LogP contribution in [0, 0.1) is 0 Å². The molecule has 0 saturated carbocycles. The third-order valence-corrected chi connectivity index (χ3v) is 3.43. The Morgan fingerprint density at radius 3 is 1.62 bits per heavy atom. The van der Waals surface area contributed by atoms with Crippen LogP contribution >= 0.6 is 0 Å². The van der Waals surface area contributed by atoms with Crippen molar-refractivity contribution in [1.29, 1.82) is 0 Å². The van der Waals surface area contributed by atoms with E-state index in [1.807, 2.05) is 12.1 Å². The van der Waals surface area contributed by atoms with Gasteiger partial charge in [0.2, 0.25) is 11.8 Å². The van der Waals surface area contributed by atoms with Crippen LogP contribution in [0.4, 0.5) is 0 Å². The number of aromatic nitrogens is 2. The van der Waals surface area contributed by atoms with E-state index in [-0.39, 0.29) is 24.7 Å². The van der Waals surface area contributed by atoms with Gasteiger partial charge in [0.15, 0.2) is 0 Å². The van der Waals surface area contributed by atoms with Crippen LogP contribution in [0.5, 0.6) is 0 Å². The van der Waals surface area contributed by atoms with E-state index in [0.29, 0.717) is 11.4 Å². The van der Waals surface area contributed by atoms with Gasteiger partial charge in [-0.3, -0.25) is 19.6 Å². The lowest BCUT2D eigenvalue weighted by Gasteiger charge is -2.03. The highest BCUT2D eigenvalue weighted by Gasteiger charge is 2.07. The van der Waals surface area contributed by atoms with Gasteiger partial charge < -0.3 is 0 Å². The molecule has 2 N–H and O–H groups in total. The quantitative estimate of drug-likeness (QED) is 0.583. The van der Waals surface area contributed by atoms with Gasteiger partial charge in [-0.2, -0.15) is 10.2 Å². The monoisotopic (exact) mass is 352 g/mol. The van der Waals surface area contributed by atoms with Crippen molar-refractivity contribution in [3.05, 3.63) is 60.2 Å². The van der Waals surface area contributed by atoms with Gasteiger partial charge in [-0.15, -0.1) is 0 Å². The van der Waals surface area contributed by atoms with Crippen LogP contribution in [-0.2, 0) is 9.59 Å². The van der Waals surface area contributed by atoms with Gasteiger partial charge in [0.05, 0.1) is 11.4 Å². The summed E-state index contributed by atoms with van der Waals surface area (Å²) in [6.45, 7) is 3.53. The molecule has 2 rings (SSSR count). The second-order valence-corrected chi connectivity index (χ2v) is 5.45. The van der Waals surface area contributed by atoms with Gasteiger partial charge in [-0.1, -0.05) is 12.1 Å². The molecule has 2 aromatic rings. The molecule has 0 aliphatic carbocycles. The summed E-state index contributed by atoms with van der Waals surface area (Å²) in [5.41, 5.74) is 7.73. The van der Waals surface area contributed by atoms with E-state index < -0.39 is 0 Å². The van der Waals surface area contributed by atoms with Crippen LogP contribution < -0.4 is 10.9 Å². The van der Waals surface area contributed by atoms with Gasteiger partial charge in [0.25, 0.3) is 0 Å². The Morgan fingerprint density at radius 2 is 1.27 bits per heavy atom. The fraction of sp³-hybridized carbons (Fsp3) is 0.222. The second-order valence-electron chi connectivity index (χ2n) is 5.45. The van der Waals surface area contributed by atoms with Crippen molar-refractivity contribution in [2.45, 2.75) is 26.7 Å². The third-order valence-electron chi connectivity index (χ3n) is 3.43. The molecule has 0 unspecified atom stereocenters. The normalized spacial score (nSPS) is 11.8. The lowest BCUT2D eigenvalue weighted by Crippen LogP contribution is -2.24. The average Bonchev–Trinajstić information content (AvgIpc) is 2.69. The van der Waals surface area contributed by atoms with E-state index in [1.54, 1.807) is 50.8 Å². The summed E-state index contributed by atoms with van der Waals surface area (Å²) in [4.78, 5) is 31.5. The lowest BCUT2D eigenvalue weighted by atomic mass is 10.2. The number of nitrogens with one attached hydrogen (secondary N) is 2. The van der Waals surface area contributed by atoms with Crippen LogP contribution in [0.25, 0.3) is 0 Å². The average molecular weight is 352 g/mol. The molecule has 0 atom stereocenters. The van der Waals surface area contributed by atoms with Gasteiger partial charge in [0.1, 0.15) is 0 Å². The predicted octanol–water partition coefficient (Wildman–Crippen LogP) is 1.64. The number of hydrogen-bond donors (Lipinski definition) is 2. The molecular formula is C18H20N6O2. The Hall–Kier alpha value is -3.42. The smallest absolute Gasteiger partial charge is 0.240 e. The maximum Gasteiger partial charge on any atom is 0.240 e. The number of amides is 2. The number of carbonyl (C=O) groups is 2. The van der Waals surface area contributed by atoms with Gasteiger partial charge >= 0.3 is 0 Å². The number of hydrogen-bond acceptors (Lipinski definition) is 6. The van der Waals surface area contributed by atoms with E-state index in [2.05, 4.69) is 31.0 Å². The molecule has 0 aromatic carbocycles. The summed E-state index contributed by atoms with van der Waals surface area (Å²) < 4.78 is 0. The molecule has 2 aromatic heterocycles. The maximum atomic E-state index is 11.8. The largest absolute Gasteiger partial charge is 0.273 e. The first-order valence-corrected chi connectivity index (χ1v) is 8.03. The molecule has 0 aliphatic rings. The molecular weight excluding hydrogens is 332 g/mol. The van der Waals surface area contributed by atoms with Crippen LogP contribution in [0.15, 0.2) is 59.3 Å². The highest BCUT2D eigenvalue weighted by Crippen LogP contribution is 1.99. The number of rotatable bonds is 7. The van der Waals surface area contributed by atoms with Crippen LogP contribution in [0.2, 0.25) is 0 Å². The van der Waals surface area contributed by atoms with Crippen LogP contribution in [-0.4, -0.2) is 33.2 Å². The molecule has 8 nitrogen and oxygen atoms in total. The van der Waals surface area contributed by atoms with Crippen LogP contribution in [0.3, 0.4) is 0 Å². The minimum Gasteiger partial charge on any atom is -0.273 e. The summed E-state index contributed by atoms with van der Waals surface area (Å²) in [5.74, 6) is -0.701. The zero-order valence-electron chi connectivity index (χ0n) is 14.6. The number of nitrogens with zero attached hydrogens (tertiary/aromatic N) is 4. The summed E-state index contributed by atoms with van der Waals surface area (Å²) in [6, 6.07) is 7.26. The number of carbonyl (C=O) groups excluding carboxylic acids is 2. The first-order valence-electron chi connectivity index (χ1n) is 8.03. The molecule has 2 amide bonds. The SMILES string of the molecule is C/C(=N\NC(=O)CCC(=O)N/N=C(\C)c1cccnc1)c1cccnc1. The lowest BCUT2D eigenvalue weighted by molar-refractivity contribution is -0.126. The van der Waals surface area contributed by atoms with Crippen LogP contribution in [0.1, 0.15) is 37.8 Å². The van der Waals surface area contributed by atoms with Crippen molar-refractivity contribution in [3.8, 4) is 0 Å². The molecule has 8 heteroatoms. The first-order chi connectivity index (χ1) is 12.6.